The first-order valence-corrected chi connectivity index (χ1v) is 1.90. The van der Waals surface area contributed by atoms with Crippen molar-refractivity contribution in [3.8, 4) is 0 Å². The van der Waals surface area contributed by atoms with Crippen LogP contribution >= 0.6 is 0 Å². The maximum absolute atomic E-state index is 4.92. The number of rotatable bonds is 1. The molecular weight excluding hydrogens is 86.1 g/mol. The quantitative estimate of drug-likeness (QED) is 0.379. The molecule has 0 amide bonds. The third-order valence-electron chi connectivity index (χ3n) is 0.368. The van der Waals surface area contributed by atoms with Gasteiger partial charge in [-0.05, 0) is 6.08 Å². The van der Waals surface area contributed by atoms with Crippen molar-refractivity contribution >= 4 is 0 Å². The lowest BCUT2D eigenvalue weighted by molar-refractivity contribution is 1.62. The molecule has 0 fully saturated rings. The molecule has 1 nitrogen and oxygen atoms in total. The van der Waals surface area contributed by atoms with E-state index in [-0.39, 0.29) is 0 Å². The van der Waals surface area contributed by atoms with Crippen LogP contribution in [0, 0.1) is 0 Å². The Labute approximate surface area is 43.1 Å². The SMILES string of the molecule is C=CC=C=C=CN. The van der Waals surface area contributed by atoms with Gasteiger partial charge >= 0.3 is 0 Å². The zero-order valence-electron chi connectivity index (χ0n) is 4.02. The van der Waals surface area contributed by atoms with Crippen molar-refractivity contribution in [2.45, 2.75) is 0 Å². The molecule has 0 heterocycles. The Bertz CT molecular complexity index is 132. The summed E-state index contributed by atoms with van der Waals surface area (Å²) >= 11 is 0. The first-order chi connectivity index (χ1) is 3.41. The molecule has 0 rings (SSSR count). The van der Waals surface area contributed by atoms with Gasteiger partial charge in [-0.3, -0.25) is 0 Å². The summed E-state index contributed by atoms with van der Waals surface area (Å²) in [4.78, 5) is 0. The summed E-state index contributed by atoms with van der Waals surface area (Å²) in [7, 11) is 0. The summed E-state index contributed by atoms with van der Waals surface area (Å²) in [5, 5.41) is 0. The van der Waals surface area contributed by atoms with Crippen LogP contribution in [0.1, 0.15) is 0 Å². The van der Waals surface area contributed by atoms with Crippen LogP contribution in [-0.4, -0.2) is 0 Å². The van der Waals surface area contributed by atoms with Gasteiger partial charge in [0.05, 0.1) is 0 Å². The molecular formula is C6H7N. The average molecular weight is 93.1 g/mol. The highest BCUT2D eigenvalue weighted by molar-refractivity contribution is 4.96. The molecule has 0 radical (unpaired) electrons. The van der Waals surface area contributed by atoms with Gasteiger partial charge in [0, 0.05) is 6.20 Å². The highest BCUT2D eigenvalue weighted by Gasteiger charge is 1.42. The van der Waals surface area contributed by atoms with Gasteiger partial charge in [0.15, 0.2) is 0 Å². The van der Waals surface area contributed by atoms with E-state index in [4.69, 9.17) is 5.73 Å². The minimum atomic E-state index is 1.29. The van der Waals surface area contributed by atoms with Crippen molar-refractivity contribution in [3.63, 3.8) is 0 Å². The first kappa shape index (κ1) is 5.84. The van der Waals surface area contributed by atoms with E-state index in [9.17, 15) is 0 Å². The second-order valence-electron chi connectivity index (χ2n) is 0.858. The second kappa shape index (κ2) is 4.84. The molecule has 36 valence electrons. The number of hydrogen-bond donors (Lipinski definition) is 1. The molecule has 0 atom stereocenters. The predicted octanol–water partition coefficient (Wildman–Crippen LogP) is 0.955. The van der Waals surface area contributed by atoms with E-state index in [2.05, 4.69) is 18.0 Å². The Morgan fingerprint density at radius 2 is 2.14 bits per heavy atom. The molecule has 0 aliphatic rings. The zero-order valence-corrected chi connectivity index (χ0v) is 4.02. The van der Waals surface area contributed by atoms with E-state index in [0.717, 1.165) is 0 Å². The Morgan fingerprint density at radius 3 is 2.57 bits per heavy atom. The van der Waals surface area contributed by atoms with Crippen LogP contribution in [0.2, 0.25) is 0 Å². The highest BCUT2D eigenvalue weighted by atomic mass is 14.5. The minimum Gasteiger partial charge on any atom is -0.398 e. The van der Waals surface area contributed by atoms with Crippen LogP contribution in [0.3, 0.4) is 0 Å². The van der Waals surface area contributed by atoms with Crippen LogP contribution in [0.25, 0.3) is 0 Å². The van der Waals surface area contributed by atoms with Crippen LogP contribution in [-0.2, 0) is 0 Å². The van der Waals surface area contributed by atoms with Crippen molar-refractivity contribution < 1.29 is 0 Å². The third-order valence-corrected chi connectivity index (χ3v) is 0.368. The summed E-state index contributed by atoms with van der Waals surface area (Å²) in [6.07, 6.45) is 4.53. The molecule has 0 spiro atoms. The Kier molecular flexibility index (Phi) is 4.04. The summed E-state index contributed by atoms with van der Waals surface area (Å²) in [5.41, 5.74) is 10.1. The minimum absolute atomic E-state index is 1.29. The van der Waals surface area contributed by atoms with Crippen molar-refractivity contribution in [2.75, 3.05) is 0 Å². The van der Waals surface area contributed by atoms with Crippen LogP contribution in [0.4, 0.5) is 0 Å². The average Bonchev–Trinajstić information content (AvgIpc) is 1.69. The van der Waals surface area contributed by atoms with E-state index >= 15 is 0 Å². The molecule has 0 aromatic carbocycles. The van der Waals surface area contributed by atoms with Crippen LogP contribution in [0.5, 0.6) is 0 Å². The number of hydrogen-bond acceptors (Lipinski definition) is 1. The van der Waals surface area contributed by atoms with Gasteiger partial charge in [-0.2, -0.15) is 0 Å². The van der Waals surface area contributed by atoms with Gasteiger partial charge < -0.3 is 5.73 Å². The summed E-state index contributed by atoms with van der Waals surface area (Å²) < 4.78 is 0. The van der Waals surface area contributed by atoms with Crippen molar-refractivity contribution in [3.05, 3.63) is 36.4 Å². The molecule has 7 heavy (non-hydrogen) atoms. The van der Waals surface area contributed by atoms with Gasteiger partial charge in [0.1, 0.15) is 0 Å². The second-order valence-corrected chi connectivity index (χ2v) is 0.858. The fourth-order valence-corrected chi connectivity index (χ4v) is 0.155. The van der Waals surface area contributed by atoms with Gasteiger partial charge in [0.25, 0.3) is 0 Å². The zero-order chi connectivity index (χ0) is 5.54. The molecule has 0 unspecified atom stereocenters. The van der Waals surface area contributed by atoms with Gasteiger partial charge in [0.2, 0.25) is 0 Å². The monoisotopic (exact) mass is 93.1 g/mol. The largest absolute Gasteiger partial charge is 0.398 e. The molecule has 0 bridgehead atoms. The van der Waals surface area contributed by atoms with Crippen LogP contribution < -0.4 is 5.73 Å². The van der Waals surface area contributed by atoms with Crippen molar-refractivity contribution in [2.24, 2.45) is 5.73 Å². The third kappa shape index (κ3) is 4.84. The summed E-state index contributed by atoms with van der Waals surface area (Å²) in [5.74, 6) is 0. The molecule has 0 saturated heterocycles. The smallest absolute Gasteiger partial charge is 0.0456 e. The van der Waals surface area contributed by atoms with Crippen molar-refractivity contribution in [1.29, 1.82) is 0 Å². The standard InChI is InChI=1S/C6H7N/c1-2-3-4-5-6-7/h2-3,6H,1,7H2. The van der Waals surface area contributed by atoms with Gasteiger partial charge in [-0.15, -0.1) is 0 Å². The summed E-state index contributed by atoms with van der Waals surface area (Å²) in [6.45, 7) is 3.42. The topological polar surface area (TPSA) is 26.0 Å². The Balaban J connectivity index is 3.88. The Morgan fingerprint density at radius 1 is 1.43 bits per heavy atom. The normalized spacial score (nSPS) is 5.14. The van der Waals surface area contributed by atoms with E-state index in [1.807, 2.05) is 0 Å². The molecule has 0 aromatic rings. The van der Waals surface area contributed by atoms with Gasteiger partial charge in [-0.1, -0.05) is 24.1 Å². The molecule has 1 heteroatoms. The Hall–Kier alpha value is -1.16. The van der Waals surface area contributed by atoms with Crippen LogP contribution in [0.15, 0.2) is 36.4 Å². The van der Waals surface area contributed by atoms with Gasteiger partial charge in [-0.25, -0.2) is 0 Å². The lowest BCUT2D eigenvalue weighted by atomic mass is 10.6. The first-order valence-electron chi connectivity index (χ1n) is 1.90. The number of nitrogens with two attached hydrogens (primary N) is 1. The fraction of sp³-hybridized carbons (Fsp3) is 0. The predicted molar refractivity (Wildman–Crippen MR) is 30.6 cm³/mol. The van der Waals surface area contributed by atoms with E-state index in [1.54, 1.807) is 12.2 Å². The van der Waals surface area contributed by atoms with Crippen molar-refractivity contribution in [1.82, 2.24) is 0 Å². The fourth-order valence-electron chi connectivity index (χ4n) is 0.155. The van der Waals surface area contributed by atoms with E-state index in [0.29, 0.717) is 0 Å². The lowest BCUT2D eigenvalue weighted by Crippen LogP contribution is -1.68. The lowest BCUT2D eigenvalue weighted by Gasteiger charge is -1.53. The molecule has 2 N–H and O–H groups in total. The van der Waals surface area contributed by atoms with E-state index in [1.165, 1.54) is 6.20 Å². The molecule has 0 aromatic heterocycles. The molecule has 0 aliphatic carbocycles. The summed E-state index contributed by atoms with van der Waals surface area (Å²) in [6, 6.07) is 0. The molecule has 0 saturated carbocycles. The van der Waals surface area contributed by atoms with E-state index < -0.39 is 0 Å². The maximum atomic E-state index is 4.92. The highest BCUT2D eigenvalue weighted by Crippen LogP contribution is 1.60. The number of allylic oxidation sites excluding steroid dienone is 2. The maximum Gasteiger partial charge on any atom is 0.0456 e. The molecule has 0 aliphatic heterocycles.